The Morgan fingerprint density at radius 1 is 1.33 bits per heavy atom. The minimum atomic E-state index is -5.01. The molecule has 8 heteroatoms. The van der Waals surface area contributed by atoms with Crippen molar-refractivity contribution >= 4 is 11.0 Å². The highest BCUT2D eigenvalue weighted by Gasteiger charge is 2.31. The van der Waals surface area contributed by atoms with Crippen molar-refractivity contribution in [1.29, 1.82) is 0 Å². The minimum absolute atomic E-state index is 0.589. The smallest absolute Gasteiger partial charge is 0.406 e. The normalized spacial score (nSPS) is 18.3. The molecule has 0 aliphatic heterocycles. The minimum Gasteiger partial charge on any atom is -0.406 e. The molecule has 0 amide bonds. The summed E-state index contributed by atoms with van der Waals surface area (Å²) in [7, 11) is -1.89. The topological polar surface area (TPSA) is 38.3 Å². The summed E-state index contributed by atoms with van der Waals surface area (Å²) in [6, 6.07) is 0.252. The molecule has 0 radical (unpaired) electrons. The fraction of sp³-hybridized carbons (Fsp3) is 0.538. The summed E-state index contributed by atoms with van der Waals surface area (Å²) >= 11 is 0. The lowest BCUT2D eigenvalue weighted by Gasteiger charge is -2.22. The van der Waals surface area contributed by atoms with E-state index in [1.807, 2.05) is 0 Å². The molecular formula is C13H17F4NO2S. The highest BCUT2D eigenvalue weighted by Crippen LogP contribution is 2.28. The average Bonchev–Trinajstić information content (AvgIpc) is 2.34. The lowest BCUT2D eigenvalue weighted by Crippen LogP contribution is -2.35. The Hall–Kier alpha value is -1.15. The quantitative estimate of drug-likeness (QED) is 0.852. The van der Waals surface area contributed by atoms with E-state index in [2.05, 4.69) is 9.46 Å². The van der Waals surface area contributed by atoms with E-state index < -0.39 is 52.1 Å². The zero-order chi connectivity index (χ0) is 18.9. The van der Waals surface area contributed by atoms with Gasteiger partial charge in [-0.1, -0.05) is 0 Å². The molecule has 1 unspecified atom stereocenters. The van der Waals surface area contributed by atoms with Gasteiger partial charge in [0.05, 0.1) is 15.7 Å². The molecule has 2 atom stereocenters. The largest absolute Gasteiger partial charge is 0.573 e. The van der Waals surface area contributed by atoms with Crippen LogP contribution in [0.2, 0.25) is 0 Å². The lowest BCUT2D eigenvalue weighted by atomic mass is 10.1. The van der Waals surface area contributed by atoms with Crippen LogP contribution in [0.3, 0.4) is 0 Å². The van der Waals surface area contributed by atoms with Gasteiger partial charge in [-0.25, -0.2) is 13.3 Å². The van der Waals surface area contributed by atoms with E-state index in [0.717, 1.165) is 6.07 Å². The van der Waals surface area contributed by atoms with Crippen molar-refractivity contribution in [1.82, 2.24) is 4.72 Å². The van der Waals surface area contributed by atoms with Crippen molar-refractivity contribution < 1.29 is 30.6 Å². The molecule has 0 fully saturated rings. The maximum Gasteiger partial charge on any atom is 0.573 e. The van der Waals surface area contributed by atoms with E-state index in [-0.39, 0.29) is 0 Å². The SMILES string of the molecule is [2H]C([2H])([2H])[C@@H](NS(=O)C(C)(C)C)c1cc(OC(F)(F)F)ccc1F. The van der Waals surface area contributed by atoms with Gasteiger partial charge in [0.2, 0.25) is 0 Å². The monoisotopic (exact) mass is 330 g/mol. The Labute approximate surface area is 127 Å². The van der Waals surface area contributed by atoms with Gasteiger partial charge < -0.3 is 4.74 Å². The van der Waals surface area contributed by atoms with Gasteiger partial charge in [0.1, 0.15) is 11.6 Å². The Morgan fingerprint density at radius 3 is 2.43 bits per heavy atom. The van der Waals surface area contributed by atoms with E-state index in [1.165, 1.54) is 0 Å². The third-order valence-corrected chi connectivity index (χ3v) is 3.86. The van der Waals surface area contributed by atoms with Gasteiger partial charge in [-0.3, -0.25) is 0 Å². The first-order chi connectivity index (χ1) is 10.6. The van der Waals surface area contributed by atoms with Crippen LogP contribution < -0.4 is 9.46 Å². The Kier molecular flexibility index (Phi) is 4.06. The summed E-state index contributed by atoms with van der Waals surface area (Å²) in [4.78, 5) is 0. The van der Waals surface area contributed by atoms with Gasteiger partial charge in [0.15, 0.2) is 0 Å². The number of hydrogen-bond donors (Lipinski definition) is 1. The highest BCUT2D eigenvalue weighted by atomic mass is 32.2. The van der Waals surface area contributed by atoms with Crippen molar-refractivity contribution in [3.63, 3.8) is 0 Å². The molecule has 1 aromatic carbocycles. The molecule has 0 saturated heterocycles. The third-order valence-electron chi connectivity index (χ3n) is 2.29. The number of hydrogen-bond acceptors (Lipinski definition) is 2. The van der Waals surface area contributed by atoms with Crippen molar-refractivity contribution in [3.05, 3.63) is 29.6 Å². The molecule has 1 N–H and O–H groups in total. The molecule has 0 aliphatic carbocycles. The number of benzene rings is 1. The van der Waals surface area contributed by atoms with Crippen molar-refractivity contribution in [3.8, 4) is 5.75 Å². The second kappa shape index (κ2) is 6.31. The first-order valence-corrected chi connectivity index (χ1v) is 6.99. The number of rotatable bonds is 4. The highest BCUT2D eigenvalue weighted by molar-refractivity contribution is 7.84. The maximum atomic E-state index is 14.0. The summed E-state index contributed by atoms with van der Waals surface area (Å²) in [6.07, 6.45) is -5.01. The summed E-state index contributed by atoms with van der Waals surface area (Å²) in [6.45, 7) is 1.84. The Morgan fingerprint density at radius 2 is 1.95 bits per heavy atom. The van der Waals surface area contributed by atoms with Crippen LogP contribution >= 0.6 is 0 Å². The number of ether oxygens (including phenoxy) is 1. The summed E-state index contributed by atoms with van der Waals surface area (Å²) in [5.74, 6) is -1.82. The van der Waals surface area contributed by atoms with Crippen molar-refractivity contribution in [2.75, 3.05) is 0 Å². The van der Waals surface area contributed by atoms with Crippen LogP contribution in [0.25, 0.3) is 0 Å². The van der Waals surface area contributed by atoms with Crippen LogP contribution in [0.1, 0.15) is 43.3 Å². The van der Waals surface area contributed by atoms with Crippen LogP contribution in [0.15, 0.2) is 18.2 Å². The van der Waals surface area contributed by atoms with Gasteiger partial charge in [-0.05, 0) is 45.8 Å². The van der Waals surface area contributed by atoms with E-state index in [1.54, 1.807) is 20.8 Å². The maximum absolute atomic E-state index is 14.0. The number of halogens is 4. The van der Waals surface area contributed by atoms with Crippen molar-refractivity contribution in [2.45, 2.75) is 44.8 Å². The Bertz CT molecular complexity index is 615. The first kappa shape index (κ1) is 13.5. The molecule has 0 saturated carbocycles. The summed E-state index contributed by atoms with van der Waals surface area (Å²) < 4.78 is 90.5. The molecule has 21 heavy (non-hydrogen) atoms. The standard InChI is InChI=1S/C13H17F4NO2S/c1-8(18-21(19)12(2,3)4)10-7-9(5-6-11(10)14)20-13(15,16)17/h5-8,18H,1-4H3/t8-,21?/m1/s1/i1D3. The van der Waals surface area contributed by atoms with Crippen LogP contribution in [0.4, 0.5) is 17.6 Å². The van der Waals surface area contributed by atoms with Gasteiger partial charge in [-0.15, -0.1) is 13.2 Å². The fourth-order valence-electron chi connectivity index (χ4n) is 1.29. The van der Waals surface area contributed by atoms with Gasteiger partial charge in [-0.2, -0.15) is 0 Å². The molecule has 1 aromatic rings. The van der Waals surface area contributed by atoms with E-state index in [9.17, 15) is 21.8 Å². The van der Waals surface area contributed by atoms with Crippen LogP contribution in [0, 0.1) is 5.82 Å². The molecule has 1 rings (SSSR count). The molecule has 0 bridgehead atoms. The molecule has 0 spiro atoms. The molecule has 120 valence electrons. The molecule has 0 aromatic heterocycles. The van der Waals surface area contributed by atoms with Gasteiger partial charge in [0, 0.05) is 15.7 Å². The van der Waals surface area contributed by atoms with Gasteiger partial charge in [0.25, 0.3) is 0 Å². The first-order valence-electron chi connectivity index (χ1n) is 7.34. The molecule has 3 nitrogen and oxygen atoms in total. The number of alkyl halides is 3. The predicted octanol–water partition coefficient (Wildman–Crippen LogP) is 3.84. The molecule has 0 heterocycles. The summed E-state index contributed by atoms with van der Waals surface area (Å²) in [5.41, 5.74) is -0.589. The van der Waals surface area contributed by atoms with Crippen LogP contribution in [0.5, 0.6) is 5.75 Å². The lowest BCUT2D eigenvalue weighted by molar-refractivity contribution is -0.274. The van der Waals surface area contributed by atoms with Crippen LogP contribution in [-0.2, 0) is 11.0 Å². The fourth-order valence-corrected chi connectivity index (χ4v) is 1.98. The van der Waals surface area contributed by atoms with Crippen molar-refractivity contribution in [2.24, 2.45) is 0 Å². The molecule has 0 aliphatic rings. The third kappa shape index (κ3) is 5.62. The molecular weight excluding hydrogens is 310 g/mol. The number of nitrogens with one attached hydrogen (secondary N) is 1. The summed E-state index contributed by atoms with van der Waals surface area (Å²) in [5, 5.41) is 0. The second-order valence-electron chi connectivity index (χ2n) is 5.16. The van der Waals surface area contributed by atoms with Gasteiger partial charge >= 0.3 is 6.36 Å². The van der Waals surface area contributed by atoms with E-state index >= 15 is 0 Å². The van der Waals surface area contributed by atoms with E-state index in [0.29, 0.717) is 12.1 Å². The van der Waals surface area contributed by atoms with E-state index in [4.69, 9.17) is 4.11 Å². The predicted molar refractivity (Wildman–Crippen MR) is 72.5 cm³/mol. The average molecular weight is 330 g/mol. The zero-order valence-corrected chi connectivity index (χ0v) is 12.4. The zero-order valence-electron chi connectivity index (χ0n) is 14.5. The Balaban J connectivity index is 3.28. The van der Waals surface area contributed by atoms with Crippen LogP contribution in [-0.4, -0.2) is 15.3 Å². The second-order valence-corrected chi connectivity index (χ2v) is 7.16.